The number of guanidine groups is 1. The van der Waals surface area contributed by atoms with Crippen LogP contribution in [0.2, 0.25) is 0 Å². The van der Waals surface area contributed by atoms with Gasteiger partial charge in [-0.15, -0.1) is 0 Å². The fraction of sp³-hybridized carbons (Fsp3) is 0.733. The molecule has 1 fully saturated rings. The summed E-state index contributed by atoms with van der Waals surface area (Å²) in [7, 11) is -1.22. The van der Waals surface area contributed by atoms with Gasteiger partial charge in [0.1, 0.15) is 0 Å². The molecule has 0 saturated carbocycles. The van der Waals surface area contributed by atoms with E-state index in [-0.39, 0.29) is 11.5 Å². The van der Waals surface area contributed by atoms with Crippen molar-refractivity contribution in [2.75, 3.05) is 38.2 Å². The van der Waals surface area contributed by atoms with E-state index in [1.165, 1.54) is 0 Å². The van der Waals surface area contributed by atoms with Gasteiger partial charge < -0.3 is 14.8 Å². The molecule has 1 aromatic rings. The lowest BCUT2D eigenvalue weighted by Crippen LogP contribution is -2.49. The van der Waals surface area contributed by atoms with Gasteiger partial charge in [0.2, 0.25) is 0 Å². The average Bonchev–Trinajstić information content (AvgIpc) is 3.06. The van der Waals surface area contributed by atoms with Gasteiger partial charge in [-0.05, 0) is 12.3 Å². The molecule has 2 atom stereocenters. The molecule has 7 nitrogen and oxygen atoms in total. The summed E-state index contributed by atoms with van der Waals surface area (Å²) in [5.74, 6) is 1.65. The van der Waals surface area contributed by atoms with Crippen LogP contribution in [0.3, 0.4) is 0 Å². The van der Waals surface area contributed by atoms with Crippen LogP contribution < -0.4 is 5.32 Å². The predicted molar refractivity (Wildman–Crippen MR) is 92.3 cm³/mol. The van der Waals surface area contributed by atoms with Gasteiger partial charge in [-0.3, -0.25) is 4.99 Å². The molecule has 8 heteroatoms. The lowest BCUT2D eigenvalue weighted by molar-refractivity contribution is 0.189. The van der Waals surface area contributed by atoms with E-state index >= 15 is 0 Å². The first-order chi connectivity index (χ1) is 11.0. The number of sulfone groups is 1. The zero-order valence-corrected chi connectivity index (χ0v) is 15.0. The first kappa shape index (κ1) is 17.8. The van der Waals surface area contributed by atoms with Crippen LogP contribution in [0.1, 0.15) is 26.3 Å². The van der Waals surface area contributed by atoms with E-state index in [1.807, 2.05) is 12.5 Å². The van der Waals surface area contributed by atoms with Crippen molar-refractivity contribution in [1.29, 1.82) is 0 Å². The van der Waals surface area contributed by atoms with Crippen LogP contribution in [0.15, 0.2) is 23.7 Å². The molecule has 0 amide bonds. The highest BCUT2D eigenvalue weighted by Crippen LogP contribution is 2.27. The minimum Gasteiger partial charge on any atom is -0.355 e. The van der Waals surface area contributed by atoms with Crippen molar-refractivity contribution in [3.8, 4) is 0 Å². The first-order valence-corrected chi connectivity index (χ1v) is 9.92. The van der Waals surface area contributed by atoms with E-state index in [0.717, 1.165) is 25.5 Å². The van der Waals surface area contributed by atoms with E-state index < -0.39 is 9.84 Å². The highest BCUT2D eigenvalue weighted by Gasteiger charge is 2.28. The summed E-state index contributed by atoms with van der Waals surface area (Å²) in [5, 5.41) is 3.18. The van der Waals surface area contributed by atoms with Gasteiger partial charge in [0.15, 0.2) is 15.8 Å². The summed E-state index contributed by atoms with van der Waals surface area (Å²) in [6.07, 6.45) is 6.72. The summed E-state index contributed by atoms with van der Waals surface area (Å²) >= 11 is 0. The highest BCUT2D eigenvalue weighted by atomic mass is 32.2. The van der Waals surface area contributed by atoms with E-state index in [2.05, 4.69) is 31.7 Å². The zero-order valence-electron chi connectivity index (χ0n) is 14.1. The van der Waals surface area contributed by atoms with E-state index in [0.29, 0.717) is 18.5 Å². The van der Waals surface area contributed by atoms with Crippen molar-refractivity contribution in [1.82, 2.24) is 19.8 Å². The Bertz CT molecular complexity index is 612. The topological polar surface area (TPSA) is 79.6 Å². The molecular formula is C15H27N5O2S. The Kier molecular flexibility index (Phi) is 6.04. The third-order valence-corrected chi connectivity index (χ3v) is 6.18. The SMILES string of the molecule is CCS(=O)(=O)CCNC(=NC)N1CCC(C)C(n2ccnc2)C1. The molecule has 2 unspecified atom stereocenters. The van der Waals surface area contributed by atoms with E-state index in [4.69, 9.17) is 0 Å². The molecule has 23 heavy (non-hydrogen) atoms. The second-order valence-corrected chi connectivity index (χ2v) is 8.47. The second kappa shape index (κ2) is 7.81. The Hall–Kier alpha value is -1.57. The minimum absolute atomic E-state index is 0.137. The second-order valence-electron chi connectivity index (χ2n) is 6.00. The molecule has 1 aromatic heterocycles. The maximum Gasteiger partial charge on any atom is 0.193 e. The number of hydrogen-bond acceptors (Lipinski definition) is 4. The molecule has 0 radical (unpaired) electrons. The molecule has 1 aliphatic rings. The summed E-state index contributed by atoms with van der Waals surface area (Å²) in [5.41, 5.74) is 0. The molecule has 1 saturated heterocycles. The molecule has 0 bridgehead atoms. The maximum atomic E-state index is 11.6. The standard InChI is InChI=1S/C15H27N5O2S/c1-4-23(21,22)10-7-18-15(16-3)19-8-5-13(2)14(11-19)20-9-6-17-12-20/h6,9,12-14H,4-5,7-8,10-11H2,1-3H3,(H,16,18). The maximum absolute atomic E-state index is 11.6. The summed E-state index contributed by atoms with van der Waals surface area (Å²) in [6.45, 7) is 6.09. The Labute approximate surface area is 138 Å². The Morgan fingerprint density at radius 3 is 2.87 bits per heavy atom. The van der Waals surface area contributed by atoms with Crippen molar-refractivity contribution < 1.29 is 8.42 Å². The number of imidazole rings is 1. The number of aromatic nitrogens is 2. The third kappa shape index (κ3) is 4.70. The van der Waals surface area contributed by atoms with Crippen molar-refractivity contribution in [3.05, 3.63) is 18.7 Å². The Morgan fingerprint density at radius 2 is 2.26 bits per heavy atom. The van der Waals surface area contributed by atoms with Crippen LogP contribution in [0, 0.1) is 5.92 Å². The Balaban J connectivity index is 1.96. The molecule has 2 heterocycles. The number of aliphatic imine (C=N–C) groups is 1. The van der Waals surface area contributed by atoms with Gasteiger partial charge in [-0.2, -0.15) is 0 Å². The Morgan fingerprint density at radius 1 is 1.48 bits per heavy atom. The van der Waals surface area contributed by atoms with Crippen molar-refractivity contribution in [2.45, 2.75) is 26.3 Å². The van der Waals surface area contributed by atoms with Crippen LogP contribution in [0.4, 0.5) is 0 Å². The van der Waals surface area contributed by atoms with Crippen LogP contribution in [-0.2, 0) is 9.84 Å². The molecule has 1 aliphatic heterocycles. The van der Waals surface area contributed by atoms with Gasteiger partial charge in [-0.1, -0.05) is 13.8 Å². The summed E-state index contributed by atoms with van der Waals surface area (Å²) in [6, 6.07) is 0.351. The van der Waals surface area contributed by atoms with Crippen LogP contribution in [-0.4, -0.2) is 67.0 Å². The zero-order chi connectivity index (χ0) is 16.9. The molecular weight excluding hydrogens is 314 g/mol. The summed E-state index contributed by atoms with van der Waals surface area (Å²) < 4.78 is 25.3. The summed E-state index contributed by atoms with van der Waals surface area (Å²) in [4.78, 5) is 10.6. The quantitative estimate of drug-likeness (QED) is 0.632. The molecule has 1 N–H and O–H groups in total. The van der Waals surface area contributed by atoms with Crippen molar-refractivity contribution >= 4 is 15.8 Å². The third-order valence-electron chi connectivity index (χ3n) is 4.47. The first-order valence-electron chi connectivity index (χ1n) is 8.10. The van der Waals surface area contributed by atoms with Gasteiger partial charge in [0.05, 0.1) is 18.1 Å². The normalized spacial score (nSPS) is 23.1. The van der Waals surface area contributed by atoms with Gasteiger partial charge in [-0.25, -0.2) is 13.4 Å². The lowest BCUT2D eigenvalue weighted by Gasteiger charge is -2.39. The molecule has 0 spiro atoms. The predicted octanol–water partition coefficient (Wildman–Crippen LogP) is 0.776. The van der Waals surface area contributed by atoms with Gasteiger partial charge in [0, 0.05) is 44.8 Å². The van der Waals surface area contributed by atoms with E-state index in [9.17, 15) is 8.42 Å². The average molecular weight is 341 g/mol. The number of piperidine rings is 1. The number of nitrogens with zero attached hydrogens (tertiary/aromatic N) is 4. The number of likely N-dealkylation sites (tertiary alicyclic amines) is 1. The molecule has 130 valence electrons. The van der Waals surface area contributed by atoms with Crippen molar-refractivity contribution in [2.24, 2.45) is 10.9 Å². The van der Waals surface area contributed by atoms with Crippen molar-refractivity contribution in [3.63, 3.8) is 0 Å². The lowest BCUT2D eigenvalue weighted by atomic mass is 9.93. The highest BCUT2D eigenvalue weighted by molar-refractivity contribution is 7.91. The van der Waals surface area contributed by atoms with Crippen LogP contribution >= 0.6 is 0 Å². The van der Waals surface area contributed by atoms with Gasteiger partial charge in [0.25, 0.3) is 0 Å². The van der Waals surface area contributed by atoms with Gasteiger partial charge >= 0.3 is 0 Å². The van der Waals surface area contributed by atoms with Crippen LogP contribution in [0.5, 0.6) is 0 Å². The molecule has 0 aliphatic carbocycles. The fourth-order valence-electron chi connectivity index (χ4n) is 2.89. The number of hydrogen-bond donors (Lipinski definition) is 1. The molecule has 2 rings (SSSR count). The smallest absolute Gasteiger partial charge is 0.193 e. The minimum atomic E-state index is -2.96. The van der Waals surface area contributed by atoms with E-state index in [1.54, 1.807) is 20.2 Å². The number of nitrogens with one attached hydrogen (secondary N) is 1. The molecule has 0 aromatic carbocycles. The van der Waals surface area contributed by atoms with Crippen LogP contribution in [0.25, 0.3) is 0 Å². The number of rotatable bonds is 5. The largest absolute Gasteiger partial charge is 0.355 e. The monoisotopic (exact) mass is 341 g/mol. The fourth-order valence-corrected chi connectivity index (χ4v) is 3.59.